The minimum absolute atomic E-state index is 0.0682. The molecule has 2 aromatic rings. The van der Waals surface area contributed by atoms with Crippen molar-refractivity contribution >= 4 is 5.91 Å². The molecule has 0 spiro atoms. The summed E-state index contributed by atoms with van der Waals surface area (Å²) >= 11 is 0. The topological polar surface area (TPSA) is 20.3 Å². The predicted octanol–water partition coefficient (Wildman–Crippen LogP) is 3.94. The minimum atomic E-state index is -0.418. The van der Waals surface area contributed by atoms with Gasteiger partial charge in [0.25, 0.3) is 5.91 Å². The van der Waals surface area contributed by atoms with E-state index in [1.807, 2.05) is 0 Å². The average Bonchev–Trinajstić information content (AvgIpc) is 2.96. The molecule has 1 atom stereocenters. The van der Waals surface area contributed by atoms with Crippen molar-refractivity contribution in [2.75, 3.05) is 6.54 Å². The fraction of sp³-hybridized carbons (Fsp3) is 0.235. The highest BCUT2D eigenvalue weighted by atomic mass is 19.1. The molecule has 1 unspecified atom stereocenters. The zero-order valence-corrected chi connectivity index (χ0v) is 11.4. The van der Waals surface area contributed by atoms with E-state index in [4.69, 9.17) is 0 Å². The van der Waals surface area contributed by atoms with Gasteiger partial charge in [0, 0.05) is 12.1 Å². The Morgan fingerprint density at radius 1 is 1.05 bits per heavy atom. The highest BCUT2D eigenvalue weighted by molar-refractivity contribution is 5.94. The summed E-state index contributed by atoms with van der Waals surface area (Å²) in [6, 6.07) is 11.9. The standard InChI is InChI=1S/C17H15F2NO/c18-14-8-6-12(7-9-14)16-5-2-10-20(16)17(21)13-3-1-4-15(19)11-13/h1,3-4,6-9,11,16H,2,5,10H2. The van der Waals surface area contributed by atoms with Crippen LogP contribution in [0.2, 0.25) is 0 Å². The van der Waals surface area contributed by atoms with E-state index in [1.165, 1.54) is 30.3 Å². The number of hydrogen-bond donors (Lipinski definition) is 0. The van der Waals surface area contributed by atoms with Crippen LogP contribution in [0.15, 0.2) is 48.5 Å². The second kappa shape index (κ2) is 5.64. The zero-order chi connectivity index (χ0) is 14.8. The van der Waals surface area contributed by atoms with E-state index in [0.717, 1.165) is 18.4 Å². The number of carbonyl (C=O) groups is 1. The smallest absolute Gasteiger partial charge is 0.254 e. The number of carbonyl (C=O) groups excluding carboxylic acids is 1. The molecule has 1 heterocycles. The molecule has 1 saturated heterocycles. The van der Waals surface area contributed by atoms with Gasteiger partial charge in [-0.05, 0) is 48.7 Å². The van der Waals surface area contributed by atoms with Gasteiger partial charge >= 0.3 is 0 Å². The quantitative estimate of drug-likeness (QED) is 0.819. The second-order valence-electron chi connectivity index (χ2n) is 5.22. The number of rotatable bonds is 2. The maximum absolute atomic E-state index is 13.3. The van der Waals surface area contributed by atoms with Gasteiger partial charge in [-0.3, -0.25) is 4.79 Å². The number of likely N-dealkylation sites (tertiary alicyclic amines) is 1. The molecule has 0 aromatic heterocycles. The zero-order valence-electron chi connectivity index (χ0n) is 11.4. The van der Waals surface area contributed by atoms with E-state index in [-0.39, 0.29) is 17.8 Å². The van der Waals surface area contributed by atoms with E-state index in [1.54, 1.807) is 23.1 Å². The molecule has 0 saturated carbocycles. The van der Waals surface area contributed by atoms with Crippen LogP contribution in [-0.4, -0.2) is 17.4 Å². The molecule has 2 aromatic carbocycles. The Balaban J connectivity index is 1.87. The Kier molecular flexibility index (Phi) is 3.69. The molecular formula is C17H15F2NO. The van der Waals surface area contributed by atoms with Crippen LogP contribution < -0.4 is 0 Å². The first-order chi connectivity index (χ1) is 10.1. The highest BCUT2D eigenvalue weighted by Gasteiger charge is 2.30. The lowest BCUT2D eigenvalue weighted by Crippen LogP contribution is -2.30. The summed E-state index contributed by atoms with van der Waals surface area (Å²) in [7, 11) is 0. The fourth-order valence-corrected chi connectivity index (χ4v) is 2.83. The molecule has 1 fully saturated rings. The van der Waals surface area contributed by atoms with Crippen molar-refractivity contribution in [1.82, 2.24) is 4.90 Å². The fourth-order valence-electron chi connectivity index (χ4n) is 2.83. The van der Waals surface area contributed by atoms with Crippen molar-refractivity contribution in [2.45, 2.75) is 18.9 Å². The van der Waals surface area contributed by atoms with Crippen LogP contribution in [-0.2, 0) is 0 Å². The number of hydrogen-bond acceptors (Lipinski definition) is 1. The van der Waals surface area contributed by atoms with Gasteiger partial charge in [0.2, 0.25) is 0 Å². The van der Waals surface area contributed by atoms with Gasteiger partial charge < -0.3 is 4.90 Å². The van der Waals surface area contributed by atoms with Gasteiger partial charge in [-0.1, -0.05) is 18.2 Å². The van der Waals surface area contributed by atoms with Crippen LogP contribution in [0.1, 0.15) is 34.8 Å². The van der Waals surface area contributed by atoms with Crippen molar-refractivity contribution in [1.29, 1.82) is 0 Å². The molecule has 108 valence electrons. The summed E-state index contributed by atoms with van der Waals surface area (Å²) in [5.74, 6) is -0.889. The Morgan fingerprint density at radius 3 is 2.52 bits per heavy atom. The van der Waals surface area contributed by atoms with Gasteiger partial charge in [0.1, 0.15) is 11.6 Å². The first-order valence-corrected chi connectivity index (χ1v) is 6.97. The van der Waals surface area contributed by atoms with Crippen molar-refractivity contribution in [3.05, 3.63) is 71.3 Å². The Bertz CT molecular complexity index is 654. The molecule has 0 radical (unpaired) electrons. The third-order valence-corrected chi connectivity index (χ3v) is 3.84. The molecule has 0 aliphatic carbocycles. The number of halogens is 2. The van der Waals surface area contributed by atoms with Gasteiger partial charge in [-0.15, -0.1) is 0 Å². The van der Waals surface area contributed by atoms with Crippen molar-refractivity contribution in [3.8, 4) is 0 Å². The first-order valence-electron chi connectivity index (χ1n) is 6.97. The van der Waals surface area contributed by atoms with Crippen LogP contribution in [0.5, 0.6) is 0 Å². The van der Waals surface area contributed by atoms with Crippen molar-refractivity contribution in [3.63, 3.8) is 0 Å². The second-order valence-corrected chi connectivity index (χ2v) is 5.22. The maximum Gasteiger partial charge on any atom is 0.254 e. The van der Waals surface area contributed by atoms with E-state index < -0.39 is 5.82 Å². The van der Waals surface area contributed by atoms with Crippen molar-refractivity contribution < 1.29 is 13.6 Å². The lowest BCUT2D eigenvalue weighted by molar-refractivity contribution is 0.0735. The third-order valence-electron chi connectivity index (χ3n) is 3.84. The van der Waals surface area contributed by atoms with Gasteiger partial charge in [-0.2, -0.15) is 0 Å². The molecule has 1 amide bonds. The Morgan fingerprint density at radius 2 is 1.81 bits per heavy atom. The maximum atomic E-state index is 13.3. The van der Waals surface area contributed by atoms with E-state index in [0.29, 0.717) is 12.1 Å². The first kappa shape index (κ1) is 13.7. The van der Waals surface area contributed by atoms with Crippen LogP contribution in [0.25, 0.3) is 0 Å². The van der Waals surface area contributed by atoms with Gasteiger partial charge in [0.15, 0.2) is 0 Å². The average molecular weight is 287 g/mol. The van der Waals surface area contributed by atoms with E-state index in [2.05, 4.69) is 0 Å². The normalized spacial score (nSPS) is 18.0. The van der Waals surface area contributed by atoms with E-state index in [9.17, 15) is 13.6 Å². The highest BCUT2D eigenvalue weighted by Crippen LogP contribution is 2.33. The minimum Gasteiger partial charge on any atom is -0.332 e. The monoisotopic (exact) mass is 287 g/mol. The molecule has 21 heavy (non-hydrogen) atoms. The Labute approximate surface area is 122 Å². The van der Waals surface area contributed by atoms with E-state index >= 15 is 0 Å². The molecule has 4 heteroatoms. The lowest BCUT2D eigenvalue weighted by Gasteiger charge is -2.25. The molecular weight excluding hydrogens is 272 g/mol. The summed E-state index contributed by atoms with van der Waals surface area (Å²) in [6.45, 7) is 0.636. The summed E-state index contributed by atoms with van der Waals surface area (Å²) in [4.78, 5) is 14.3. The van der Waals surface area contributed by atoms with Crippen molar-refractivity contribution in [2.24, 2.45) is 0 Å². The van der Waals surface area contributed by atoms with Crippen LogP contribution in [0.3, 0.4) is 0 Å². The van der Waals surface area contributed by atoms with Gasteiger partial charge in [0.05, 0.1) is 6.04 Å². The molecule has 0 bridgehead atoms. The lowest BCUT2D eigenvalue weighted by atomic mass is 10.0. The van der Waals surface area contributed by atoms with Crippen LogP contribution >= 0.6 is 0 Å². The summed E-state index contributed by atoms with van der Waals surface area (Å²) in [5.41, 5.74) is 1.27. The van der Waals surface area contributed by atoms with Crippen LogP contribution in [0, 0.1) is 11.6 Å². The molecule has 2 nitrogen and oxygen atoms in total. The van der Waals surface area contributed by atoms with Crippen LogP contribution in [0.4, 0.5) is 8.78 Å². The third kappa shape index (κ3) is 2.79. The largest absolute Gasteiger partial charge is 0.332 e. The number of amides is 1. The molecule has 1 aliphatic rings. The summed E-state index contributed by atoms with van der Waals surface area (Å²) in [6.07, 6.45) is 1.73. The summed E-state index contributed by atoms with van der Waals surface area (Å²) < 4.78 is 26.3. The Hall–Kier alpha value is -2.23. The SMILES string of the molecule is O=C(c1cccc(F)c1)N1CCCC1c1ccc(F)cc1. The number of benzene rings is 2. The summed E-state index contributed by atoms with van der Waals surface area (Å²) in [5, 5.41) is 0. The molecule has 0 N–H and O–H groups in total. The number of nitrogens with zero attached hydrogens (tertiary/aromatic N) is 1. The molecule has 1 aliphatic heterocycles. The molecule has 3 rings (SSSR count). The van der Waals surface area contributed by atoms with Gasteiger partial charge in [-0.25, -0.2) is 8.78 Å². The predicted molar refractivity (Wildman–Crippen MR) is 75.8 cm³/mol.